The lowest BCUT2D eigenvalue weighted by molar-refractivity contribution is 0.214. The Morgan fingerprint density at radius 2 is 1.62 bits per heavy atom. The van der Waals surface area contributed by atoms with Crippen molar-refractivity contribution < 1.29 is 0 Å². The van der Waals surface area contributed by atoms with Crippen LogP contribution in [0.2, 0.25) is 0 Å². The largest absolute Gasteiger partial charge is 0.299 e. The molecule has 0 aromatic rings. The standard InChI is InChI=1S/C11H22N2.C3H8/c1-10(2)13-8-5-11(9-13)12-6-3-4-7-12;1-3-2/h10-11H,3-9H2,1-2H3;3H2,1-2H3. The van der Waals surface area contributed by atoms with E-state index in [-0.39, 0.29) is 0 Å². The molecule has 1 unspecified atom stereocenters. The quantitative estimate of drug-likeness (QED) is 0.714. The summed E-state index contributed by atoms with van der Waals surface area (Å²) in [6, 6.07) is 1.62. The fourth-order valence-electron chi connectivity index (χ4n) is 2.64. The molecule has 16 heavy (non-hydrogen) atoms. The number of rotatable bonds is 2. The summed E-state index contributed by atoms with van der Waals surface area (Å²) in [7, 11) is 0. The lowest BCUT2D eigenvalue weighted by Gasteiger charge is -2.25. The van der Waals surface area contributed by atoms with Gasteiger partial charge in [-0.2, -0.15) is 0 Å². The Morgan fingerprint density at radius 3 is 2.06 bits per heavy atom. The van der Waals surface area contributed by atoms with Crippen LogP contribution in [0.1, 0.15) is 53.4 Å². The normalized spacial score (nSPS) is 27.2. The van der Waals surface area contributed by atoms with Gasteiger partial charge in [0, 0.05) is 25.2 Å². The van der Waals surface area contributed by atoms with Gasteiger partial charge in [0.05, 0.1) is 0 Å². The molecule has 0 bridgehead atoms. The summed E-state index contributed by atoms with van der Waals surface area (Å²) in [5.41, 5.74) is 0. The predicted molar refractivity (Wildman–Crippen MR) is 71.9 cm³/mol. The molecule has 2 heterocycles. The molecule has 2 fully saturated rings. The molecule has 0 aromatic heterocycles. The van der Waals surface area contributed by atoms with Crippen molar-refractivity contribution in [3.8, 4) is 0 Å². The van der Waals surface area contributed by atoms with E-state index in [0.717, 1.165) is 12.1 Å². The molecule has 1 atom stereocenters. The van der Waals surface area contributed by atoms with Crippen molar-refractivity contribution in [3.63, 3.8) is 0 Å². The van der Waals surface area contributed by atoms with Crippen LogP contribution in [0.4, 0.5) is 0 Å². The summed E-state index contributed by atoms with van der Waals surface area (Å²) in [4.78, 5) is 5.31. The first-order valence-corrected chi connectivity index (χ1v) is 7.17. The highest BCUT2D eigenvalue weighted by molar-refractivity contribution is 4.86. The number of likely N-dealkylation sites (tertiary alicyclic amines) is 2. The molecule has 2 aliphatic rings. The van der Waals surface area contributed by atoms with Crippen LogP contribution in [-0.2, 0) is 0 Å². The highest BCUT2D eigenvalue weighted by Crippen LogP contribution is 2.21. The molecule has 96 valence electrons. The van der Waals surface area contributed by atoms with Gasteiger partial charge in [0.15, 0.2) is 0 Å². The van der Waals surface area contributed by atoms with Gasteiger partial charge in [-0.1, -0.05) is 20.3 Å². The minimum Gasteiger partial charge on any atom is -0.299 e. The Hall–Kier alpha value is -0.0800. The van der Waals surface area contributed by atoms with Crippen LogP contribution in [-0.4, -0.2) is 48.1 Å². The summed E-state index contributed by atoms with van der Waals surface area (Å²) >= 11 is 0. The summed E-state index contributed by atoms with van der Waals surface area (Å²) in [5, 5.41) is 0. The van der Waals surface area contributed by atoms with Crippen molar-refractivity contribution in [1.82, 2.24) is 9.80 Å². The molecule has 0 saturated carbocycles. The van der Waals surface area contributed by atoms with Crippen LogP contribution in [0, 0.1) is 0 Å². The topological polar surface area (TPSA) is 6.48 Å². The van der Waals surface area contributed by atoms with Gasteiger partial charge in [-0.15, -0.1) is 0 Å². The van der Waals surface area contributed by atoms with Crippen LogP contribution in [0.25, 0.3) is 0 Å². The van der Waals surface area contributed by atoms with Crippen LogP contribution >= 0.6 is 0 Å². The second-order valence-corrected chi connectivity index (χ2v) is 5.48. The summed E-state index contributed by atoms with van der Waals surface area (Å²) in [5.74, 6) is 0. The smallest absolute Gasteiger partial charge is 0.0235 e. The zero-order valence-electron chi connectivity index (χ0n) is 11.7. The van der Waals surface area contributed by atoms with Gasteiger partial charge >= 0.3 is 0 Å². The maximum atomic E-state index is 2.70. The third-order valence-corrected chi connectivity index (χ3v) is 3.58. The molecule has 2 aliphatic heterocycles. The molecule has 0 aliphatic carbocycles. The Balaban J connectivity index is 0.000000386. The van der Waals surface area contributed by atoms with Crippen LogP contribution in [0.15, 0.2) is 0 Å². The van der Waals surface area contributed by atoms with Gasteiger partial charge in [0.2, 0.25) is 0 Å². The first kappa shape index (κ1) is 14.0. The minimum atomic E-state index is 0.743. The zero-order valence-corrected chi connectivity index (χ0v) is 11.7. The number of nitrogens with zero attached hydrogens (tertiary/aromatic N) is 2. The highest BCUT2D eigenvalue weighted by atomic mass is 15.3. The van der Waals surface area contributed by atoms with Gasteiger partial charge < -0.3 is 0 Å². The van der Waals surface area contributed by atoms with E-state index < -0.39 is 0 Å². The Labute approximate surface area is 102 Å². The molecule has 0 amide bonds. The van der Waals surface area contributed by atoms with E-state index in [4.69, 9.17) is 0 Å². The average molecular weight is 226 g/mol. The maximum absolute atomic E-state index is 2.70. The van der Waals surface area contributed by atoms with Gasteiger partial charge in [-0.3, -0.25) is 9.80 Å². The first-order chi connectivity index (χ1) is 7.69. The molecule has 2 rings (SSSR count). The van der Waals surface area contributed by atoms with Crippen LogP contribution < -0.4 is 0 Å². The molecule has 0 N–H and O–H groups in total. The van der Waals surface area contributed by atoms with Crippen molar-refractivity contribution in [1.29, 1.82) is 0 Å². The summed E-state index contributed by atoms with van der Waals surface area (Å²) < 4.78 is 0. The van der Waals surface area contributed by atoms with Crippen molar-refractivity contribution in [2.75, 3.05) is 26.2 Å². The molecule has 2 nitrogen and oxygen atoms in total. The van der Waals surface area contributed by atoms with Gasteiger partial charge in [-0.25, -0.2) is 0 Å². The SMILES string of the molecule is CC(C)N1CCC(N2CCCC2)C1.CCC. The fourth-order valence-corrected chi connectivity index (χ4v) is 2.64. The van der Waals surface area contributed by atoms with E-state index in [1.165, 1.54) is 51.9 Å². The van der Waals surface area contributed by atoms with Crippen LogP contribution in [0.3, 0.4) is 0 Å². The van der Waals surface area contributed by atoms with Crippen molar-refractivity contribution >= 4 is 0 Å². The molecular formula is C14H30N2. The van der Waals surface area contributed by atoms with E-state index in [2.05, 4.69) is 37.5 Å². The molecule has 2 saturated heterocycles. The summed E-state index contributed by atoms with van der Waals surface area (Å²) in [6.45, 7) is 14.2. The van der Waals surface area contributed by atoms with Crippen LogP contribution in [0.5, 0.6) is 0 Å². The Bertz CT molecular complexity index is 174. The van der Waals surface area contributed by atoms with E-state index in [1.54, 1.807) is 0 Å². The van der Waals surface area contributed by atoms with Gasteiger partial charge in [-0.05, 0) is 46.2 Å². The third-order valence-electron chi connectivity index (χ3n) is 3.58. The fraction of sp³-hybridized carbons (Fsp3) is 1.00. The second kappa shape index (κ2) is 7.29. The monoisotopic (exact) mass is 226 g/mol. The molecular weight excluding hydrogens is 196 g/mol. The second-order valence-electron chi connectivity index (χ2n) is 5.48. The molecule has 0 aromatic carbocycles. The van der Waals surface area contributed by atoms with E-state index in [1.807, 2.05) is 0 Å². The van der Waals surface area contributed by atoms with E-state index in [0.29, 0.717) is 0 Å². The predicted octanol–water partition coefficient (Wildman–Crippen LogP) is 2.98. The Morgan fingerprint density at radius 1 is 1.06 bits per heavy atom. The highest BCUT2D eigenvalue weighted by Gasteiger charge is 2.29. The van der Waals surface area contributed by atoms with Crippen molar-refractivity contribution in [2.45, 2.75) is 65.5 Å². The minimum absolute atomic E-state index is 0.743. The van der Waals surface area contributed by atoms with E-state index >= 15 is 0 Å². The maximum Gasteiger partial charge on any atom is 0.0235 e. The Kier molecular flexibility index (Phi) is 6.37. The third kappa shape index (κ3) is 4.06. The first-order valence-electron chi connectivity index (χ1n) is 7.17. The molecule has 0 spiro atoms. The van der Waals surface area contributed by atoms with Gasteiger partial charge in [0.25, 0.3) is 0 Å². The summed E-state index contributed by atoms with van der Waals surface area (Å²) in [6.07, 6.45) is 5.51. The lowest BCUT2D eigenvalue weighted by atomic mass is 10.2. The van der Waals surface area contributed by atoms with Gasteiger partial charge in [0.1, 0.15) is 0 Å². The number of hydrogen-bond donors (Lipinski definition) is 0. The van der Waals surface area contributed by atoms with Crippen molar-refractivity contribution in [3.05, 3.63) is 0 Å². The van der Waals surface area contributed by atoms with Crippen molar-refractivity contribution in [2.24, 2.45) is 0 Å². The lowest BCUT2D eigenvalue weighted by Crippen LogP contribution is -2.37. The average Bonchev–Trinajstić information content (AvgIpc) is 2.90. The van der Waals surface area contributed by atoms with E-state index in [9.17, 15) is 0 Å². The zero-order chi connectivity index (χ0) is 12.0. The molecule has 0 radical (unpaired) electrons. The number of hydrogen-bond acceptors (Lipinski definition) is 2. The molecule has 2 heteroatoms.